The lowest BCUT2D eigenvalue weighted by molar-refractivity contribution is -0.137. The third-order valence-electron chi connectivity index (χ3n) is 5.20. The molecule has 0 unspecified atom stereocenters. The van der Waals surface area contributed by atoms with E-state index in [2.05, 4.69) is 39.2 Å². The molecule has 0 atom stereocenters. The lowest BCUT2D eigenvalue weighted by Gasteiger charge is -2.36. The molecule has 8 heteroatoms. The van der Waals surface area contributed by atoms with Crippen LogP contribution in [-0.4, -0.2) is 27.5 Å². The number of hydrogen-bond acceptors (Lipinski definition) is 4. The summed E-state index contributed by atoms with van der Waals surface area (Å²) >= 11 is 0. The fraction of sp³-hybridized carbons (Fsp3) is 0.409. The highest BCUT2D eigenvalue weighted by Crippen LogP contribution is 2.36. The summed E-state index contributed by atoms with van der Waals surface area (Å²) in [4.78, 5) is 12.5. The van der Waals surface area contributed by atoms with E-state index in [9.17, 15) is 18.0 Å². The maximum atomic E-state index is 12.9. The highest BCUT2D eigenvalue weighted by Gasteiger charge is 2.37. The number of ether oxygens (including phenoxy) is 1. The predicted molar refractivity (Wildman–Crippen MR) is 115 cm³/mol. The van der Waals surface area contributed by atoms with Crippen molar-refractivity contribution in [1.82, 2.24) is 0 Å². The highest BCUT2D eigenvalue weighted by molar-refractivity contribution is 6.74. The monoisotopic (exact) mass is 439 g/mol. The van der Waals surface area contributed by atoms with Crippen molar-refractivity contribution >= 4 is 25.7 Å². The van der Waals surface area contributed by atoms with Crippen LogP contribution in [0, 0.1) is 0 Å². The number of nitrogens with one attached hydrogen (secondary N) is 1. The van der Waals surface area contributed by atoms with E-state index < -0.39 is 26.0 Å². The Balaban J connectivity index is 2.04. The minimum absolute atomic E-state index is 0.0540. The van der Waals surface area contributed by atoms with Crippen molar-refractivity contribution < 1.29 is 27.1 Å². The lowest BCUT2D eigenvalue weighted by Crippen LogP contribution is -2.41. The summed E-state index contributed by atoms with van der Waals surface area (Å²) in [6, 6.07) is 11.3. The number of carbonyl (C=O) groups is 1. The number of para-hydroxylation sites is 1. The summed E-state index contributed by atoms with van der Waals surface area (Å²) in [5.41, 5.74) is 0.0658. The van der Waals surface area contributed by atoms with Crippen LogP contribution in [0.1, 0.15) is 36.7 Å². The van der Waals surface area contributed by atoms with Gasteiger partial charge in [-0.2, -0.15) is 13.2 Å². The van der Waals surface area contributed by atoms with Gasteiger partial charge in [0.1, 0.15) is 6.61 Å². The SMILES string of the molecule is CC(C)(C)[Si](C)(C)OCCOC(=O)c1ccccc1Nc1cccc(C(F)(F)F)c1. The van der Waals surface area contributed by atoms with Crippen LogP contribution in [-0.2, 0) is 15.3 Å². The molecule has 0 aliphatic heterocycles. The Kier molecular flexibility index (Phi) is 7.36. The third-order valence-corrected chi connectivity index (χ3v) is 9.74. The molecule has 30 heavy (non-hydrogen) atoms. The first-order chi connectivity index (χ1) is 13.8. The Bertz CT molecular complexity index is 876. The Morgan fingerprint density at radius 3 is 2.30 bits per heavy atom. The zero-order chi connectivity index (χ0) is 22.6. The van der Waals surface area contributed by atoms with Crippen molar-refractivity contribution in [2.75, 3.05) is 18.5 Å². The van der Waals surface area contributed by atoms with E-state index in [1.807, 2.05) is 0 Å². The molecule has 4 nitrogen and oxygen atoms in total. The van der Waals surface area contributed by atoms with Crippen LogP contribution >= 0.6 is 0 Å². The van der Waals surface area contributed by atoms with Gasteiger partial charge >= 0.3 is 12.1 Å². The van der Waals surface area contributed by atoms with Gasteiger partial charge in [-0.25, -0.2) is 4.79 Å². The lowest BCUT2D eigenvalue weighted by atomic mass is 10.1. The quantitative estimate of drug-likeness (QED) is 0.299. The van der Waals surface area contributed by atoms with Gasteiger partial charge in [0.15, 0.2) is 8.32 Å². The maximum Gasteiger partial charge on any atom is 0.416 e. The molecule has 2 aromatic rings. The number of halogens is 3. The number of anilines is 2. The van der Waals surface area contributed by atoms with Gasteiger partial charge in [-0.05, 0) is 48.5 Å². The minimum Gasteiger partial charge on any atom is -0.460 e. The van der Waals surface area contributed by atoms with Crippen molar-refractivity contribution in [3.63, 3.8) is 0 Å². The predicted octanol–water partition coefficient (Wildman–Crippen LogP) is 6.63. The van der Waals surface area contributed by atoms with E-state index in [4.69, 9.17) is 9.16 Å². The summed E-state index contributed by atoms with van der Waals surface area (Å²) in [6.45, 7) is 11.0. The van der Waals surface area contributed by atoms with E-state index in [1.165, 1.54) is 12.1 Å². The van der Waals surface area contributed by atoms with E-state index in [0.29, 0.717) is 12.3 Å². The Morgan fingerprint density at radius 1 is 1.00 bits per heavy atom. The second kappa shape index (κ2) is 9.22. The fourth-order valence-electron chi connectivity index (χ4n) is 2.42. The summed E-state index contributed by atoms with van der Waals surface area (Å²) in [7, 11) is -1.93. The van der Waals surface area contributed by atoms with Crippen LogP contribution in [0.5, 0.6) is 0 Å². The Morgan fingerprint density at radius 2 is 1.67 bits per heavy atom. The summed E-state index contributed by atoms with van der Waals surface area (Å²) in [6.07, 6.45) is -4.44. The molecule has 0 fully saturated rings. The molecule has 2 aromatic carbocycles. The van der Waals surface area contributed by atoms with Crippen molar-refractivity contribution in [2.24, 2.45) is 0 Å². The summed E-state index contributed by atoms with van der Waals surface area (Å²) in [5, 5.41) is 2.93. The number of carbonyl (C=O) groups excluding carboxylic acids is 1. The molecular formula is C22H28F3NO3Si. The van der Waals surface area contributed by atoms with Gasteiger partial charge in [0.25, 0.3) is 0 Å². The first-order valence-electron chi connectivity index (χ1n) is 9.66. The molecule has 2 rings (SSSR count). The van der Waals surface area contributed by atoms with Crippen LogP contribution in [0.2, 0.25) is 18.1 Å². The number of benzene rings is 2. The van der Waals surface area contributed by atoms with Gasteiger partial charge < -0.3 is 14.5 Å². The van der Waals surface area contributed by atoms with Crippen LogP contribution in [0.25, 0.3) is 0 Å². The molecule has 0 bridgehead atoms. The van der Waals surface area contributed by atoms with Gasteiger partial charge in [-0.15, -0.1) is 0 Å². The number of esters is 1. The number of alkyl halides is 3. The first-order valence-corrected chi connectivity index (χ1v) is 12.6. The van der Waals surface area contributed by atoms with E-state index in [1.54, 1.807) is 24.3 Å². The second-order valence-electron chi connectivity index (χ2n) is 8.49. The summed E-state index contributed by atoms with van der Waals surface area (Å²) in [5.74, 6) is -0.566. The van der Waals surface area contributed by atoms with E-state index >= 15 is 0 Å². The topological polar surface area (TPSA) is 47.6 Å². The number of hydrogen-bond donors (Lipinski definition) is 1. The smallest absolute Gasteiger partial charge is 0.416 e. The molecular weight excluding hydrogens is 411 g/mol. The van der Waals surface area contributed by atoms with Gasteiger partial charge in [-0.3, -0.25) is 0 Å². The van der Waals surface area contributed by atoms with Crippen LogP contribution in [0.4, 0.5) is 24.5 Å². The van der Waals surface area contributed by atoms with Crippen molar-refractivity contribution in [2.45, 2.75) is 45.1 Å². The zero-order valence-electron chi connectivity index (χ0n) is 17.9. The number of rotatable bonds is 7. The second-order valence-corrected chi connectivity index (χ2v) is 13.3. The van der Waals surface area contributed by atoms with Crippen molar-refractivity contribution in [1.29, 1.82) is 0 Å². The molecule has 0 radical (unpaired) electrons. The Hall–Kier alpha value is -2.32. The van der Waals surface area contributed by atoms with E-state index in [0.717, 1.165) is 12.1 Å². The van der Waals surface area contributed by atoms with Gasteiger partial charge in [0.05, 0.1) is 23.4 Å². The van der Waals surface area contributed by atoms with Crippen molar-refractivity contribution in [3.05, 3.63) is 59.7 Å². The molecule has 0 heterocycles. The van der Waals surface area contributed by atoms with Crippen LogP contribution in [0.3, 0.4) is 0 Å². The average Bonchev–Trinajstić information content (AvgIpc) is 2.64. The van der Waals surface area contributed by atoms with Gasteiger partial charge in [-0.1, -0.05) is 39.0 Å². The molecule has 0 aromatic heterocycles. The Labute approximate surface area is 176 Å². The molecule has 0 spiro atoms. The maximum absolute atomic E-state index is 12.9. The molecule has 0 aliphatic carbocycles. The third kappa shape index (κ3) is 6.34. The summed E-state index contributed by atoms with van der Waals surface area (Å²) < 4.78 is 50.1. The first kappa shape index (κ1) is 24.0. The van der Waals surface area contributed by atoms with E-state index in [-0.39, 0.29) is 22.9 Å². The van der Waals surface area contributed by atoms with Gasteiger partial charge in [0, 0.05) is 5.69 Å². The van der Waals surface area contributed by atoms with Crippen molar-refractivity contribution in [3.8, 4) is 0 Å². The zero-order valence-corrected chi connectivity index (χ0v) is 18.9. The van der Waals surface area contributed by atoms with Gasteiger partial charge in [0.2, 0.25) is 0 Å². The normalized spacial score (nSPS) is 12.5. The molecule has 164 valence electrons. The molecule has 1 N–H and O–H groups in total. The molecule has 0 aliphatic rings. The largest absolute Gasteiger partial charge is 0.460 e. The standard InChI is InChI=1S/C22H28F3NO3Si/c1-21(2,3)30(4,5)29-14-13-28-20(27)18-11-6-7-12-19(18)26-17-10-8-9-16(15-17)22(23,24)25/h6-12,15,26H,13-14H2,1-5H3. The molecule has 0 amide bonds. The molecule has 0 saturated carbocycles. The fourth-order valence-corrected chi connectivity index (χ4v) is 3.45. The van der Waals surface area contributed by atoms with Crippen LogP contribution in [0.15, 0.2) is 48.5 Å². The minimum atomic E-state index is -4.44. The molecule has 0 saturated heterocycles. The average molecular weight is 440 g/mol. The highest BCUT2D eigenvalue weighted by atomic mass is 28.4. The van der Waals surface area contributed by atoms with Crippen LogP contribution < -0.4 is 5.32 Å².